The Bertz CT molecular complexity index is 1280. The fourth-order valence-corrected chi connectivity index (χ4v) is 4.83. The van der Waals surface area contributed by atoms with Crippen LogP contribution in [0.4, 0.5) is 13.2 Å². The van der Waals surface area contributed by atoms with E-state index in [2.05, 4.69) is 20.9 Å². The second-order valence-corrected chi connectivity index (χ2v) is 10.5. The van der Waals surface area contributed by atoms with Crippen LogP contribution in [-0.4, -0.2) is 41.1 Å². The number of nitrogens with two attached hydrogens (primary N) is 1. The van der Waals surface area contributed by atoms with Gasteiger partial charge in [0.1, 0.15) is 27.6 Å². The molecule has 0 spiro atoms. The van der Waals surface area contributed by atoms with Crippen LogP contribution >= 0.6 is 0 Å². The highest BCUT2D eigenvalue weighted by molar-refractivity contribution is 7.94. The van der Waals surface area contributed by atoms with E-state index in [0.29, 0.717) is 0 Å². The van der Waals surface area contributed by atoms with Crippen LogP contribution in [-0.2, 0) is 15.4 Å². The highest BCUT2D eigenvalue weighted by Crippen LogP contribution is 2.44. The van der Waals surface area contributed by atoms with Crippen molar-refractivity contribution in [3.05, 3.63) is 53.2 Å². The molecular formula is C22H21F3N4O3S. The number of rotatable bonds is 5. The average Bonchev–Trinajstić information content (AvgIpc) is 2.77. The highest BCUT2D eigenvalue weighted by Gasteiger charge is 2.57. The standard InChI is InChI=1S/C22H21F3N4O3S/c1-5-8-32-18-12-27-17(11-28-18)16(24)10-13-6-7-15(23)14(9-13)22(4)19(25)33(30,31)21(2,3)20(26)29-22/h1,6-7,9-12,19H,8H2,2-4H3,(H2,26,29)/b16-10-/t19?,22-/m1/s1. The maximum atomic E-state index is 15.3. The van der Waals surface area contributed by atoms with E-state index in [1.165, 1.54) is 26.1 Å². The SMILES string of the molecule is C#CCOc1cnc(/C(F)=C/c2ccc(F)c([C@@]3(C)N=C(N)C(C)(C)S(=O)(=O)C3F)c2)cn1. The fraction of sp³-hybridized carbons (Fsp3) is 0.318. The average molecular weight is 478 g/mol. The lowest BCUT2D eigenvalue weighted by Gasteiger charge is -2.40. The molecule has 2 heterocycles. The molecule has 0 saturated heterocycles. The topological polar surface area (TPSA) is 108 Å². The first kappa shape index (κ1) is 24.3. The zero-order valence-corrected chi connectivity index (χ0v) is 18.8. The van der Waals surface area contributed by atoms with Crippen LogP contribution in [0.3, 0.4) is 0 Å². The lowest BCUT2D eigenvalue weighted by Crippen LogP contribution is -2.58. The van der Waals surface area contributed by atoms with E-state index in [9.17, 15) is 17.2 Å². The molecule has 0 amide bonds. The molecule has 3 rings (SSSR count). The largest absolute Gasteiger partial charge is 0.463 e. The Labute approximate surface area is 189 Å². The van der Waals surface area contributed by atoms with Crippen LogP contribution < -0.4 is 10.5 Å². The number of aliphatic imine (C=N–C) groups is 1. The van der Waals surface area contributed by atoms with E-state index >= 15 is 4.39 Å². The van der Waals surface area contributed by atoms with Crippen LogP contribution in [0.15, 0.2) is 35.6 Å². The van der Waals surface area contributed by atoms with Crippen LogP contribution in [0.5, 0.6) is 5.88 Å². The molecule has 0 saturated carbocycles. The molecule has 0 aliphatic carbocycles. The third kappa shape index (κ3) is 4.18. The summed E-state index contributed by atoms with van der Waals surface area (Å²) < 4.78 is 73.4. The minimum Gasteiger partial charge on any atom is -0.463 e. The first-order valence-electron chi connectivity index (χ1n) is 9.64. The summed E-state index contributed by atoms with van der Waals surface area (Å²) in [5.41, 5.74) is 0.661. The van der Waals surface area contributed by atoms with Gasteiger partial charge in [0.05, 0.1) is 12.4 Å². The van der Waals surface area contributed by atoms with Crippen molar-refractivity contribution in [2.45, 2.75) is 36.6 Å². The molecule has 174 valence electrons. The third-order valence-electron chi connectivity index (χ3n) is 5.40. The number of benzene rings is 1. The van der Waals surface area contributed by atoms with E-state index in [-0.39, 0.29) is 35.1 Å². The predicted octanol–water partition coefficient (Wildman–Crippen LogP) is 3.17. The van der Waals surface area contributed by atoms with Crippen molar-refractivity contribution >= 4 is 27.6 Å². The summed E-state index contributed by atoms with van der Waals surface area (Å²) in [6.45, 7) is 3.54. The second kappa shape index (κ2) is 8.51. The van der Waals surface area contributed by atoms with Crippen molar-refractivity contribution < 1.29 is 26.3 Å². The van der Waals surface area contributed by atoms with Gasteiger partial charge in [0.15, 0.2) is 22.3 Å². The monoisotopic (exact) mass is 478 g/mol. The highest BCUT2D eigenvalue weighted by atomic mass is 32.2. The summed E-state index contributed by atoms with van der Waals surface area (Å²) in [6, 6.07) is 3.32. The maximum absolute atomic E-state index is 15.3. The van der Waals surface area contributed by atoms with Gasteiger partial charge in [0, 0.05) is 5.56 Å². The number of ether oxygens (including phenoxy) is 1. The second-order valence-electron chi connectivity index (χ2n) is 7.98. The molecule has 2 N–H and O–H groups in total. The summed E-state index contributed by atoms with van der Waals surface area (Å²) in [5, 5.41) is 0. The lowest BCUT2D eigenvalue weighted by atomic mass is 9.90. The summed E-state index contributed by atoms with van der Waals surface area (Å²) in [5.74, 6) is 0.259. The Balaban J connectivity index is 2.02. The van der Waals surface area contributed by atoms with E-state index in [4.69, 9.17) is 16.9 Å². The first-order valence-corrected chi connectivity index (χ1v) is 11.2. The van der Waals surface area contributed by atoms with E-state index in [1.54, 1.807) is 0 Å². The molecule has 0 fully saturated rings. The van der Waals surface area contributed by atoms with Crippen molar-refractivity contribution in [2.24, 2.45) is 10.7 Å². The molecule has 2 atom stereocenters. The van der Waals surface area contributed by atoms with Crippen LogP contribution in [0.1, 0.15) is 37.6 Å². The molecule has 0 bridgehead atoms. The number of hydrogen-bond donors (Lipinski definition) is 1. The Hall–Kier alpha value is -3.39. The van der Waals surface area contributed by atoms with E-state index in [0.717, 1.165) is 31.3 Å². The maximum Gasteiger partial charge on any atom is 0.233 e. The van der Waals surface area contributed by atoms with Gasteiger partial charge in [0.2, 0.25) is 11.4 Å². The molecule has 1 aliphatic rings. The number of aromatic nitrogens is 2. The quantitative estimate of drug-likeness (QED) is 0.662. The van der Waals surface area contributed by atoms with Crippen molar-refractivity contribution in [3.8, 4) is 18.2 Å². The molecule has 1 unspecified atom stereocenters. The van der Waals surface area contributed by atoms with Gasteiger partial charge >= 0.3 is 0 Å². The van der Waals surface area contributed by atoms with Crippen molar-refractivity contribution in [1.29, 1.82) is 0 Å². The normalized spacial score (nSPS) is 24.0. The molecular weight excluding hydrogens is 457 g/mol. The molecule has 1 aromatic heterocycles. The summed E-state index contributed by atoms with van der Waals surface area (Å²) >= 11 is 0. The Kier molecular flexibility index (Phi) is 6.26. The van der Waals surface area contributed by atoms with Crippen LogP contribution in [0.25, 0.3) is 11.9 Å². The van der Waals surface area contributed by atoms with Gasteiger partial charge in [-0.1, -0.05) is 12.0 Å². The number of halogens is 3. The number of hydrogen-bond acceptors (Lipinski definition) is 7. The van der Waals surface area contributed by atoms with E-state index in [1.807, 2.05) is 0 Å². The molecule has 1 aromatic carbocycles. The van der Waals surface area contributed by atoms with Gasteiger partial charge in [0.25, 0.3) is 0 Å². The zero-order chi connectivity index (χ0) is 24.6. The minimum atomic E-state index is -4.47. The smallest absolute Gasteiger partial charge is 0.233 e. The predicted molar refractivity (Wildman–Crippen MR) is 119 cm³/mol. The number of amidine groups is 1. The zero-order valence-electron chi connectivity index (χ0n) is 18.0. The molecule has 0 radical (unpaired) electrons. The van der Waals surface area contributed by atoms with Gasteiger partial charge in [-0.05, 0) is 44.5 Å². The Morgan fingerprint density at radius 3 is 2.61 bits per heavy atom. The molecule has 2 aromatic rings. The van der Waals surface area contributed by atoms with Crippen LogP contribution in [0.2, 0.25) is 0 Å². The number of nitrogens with zero attached hydrogens (tertiary/aromatic N) is 3. The van der Waals surface area contributed by atoms with Crippen LogP contribution in [0, 0.1) is 18.2 Å². The number of sulfone groups is 1. The molecule has 1 aliphatic heterocycles. The van der Waals surface area contributed by atoms with Crippen molar-refractivity contribution in [1.82, 2.24) is 9.97 Å². The van der Waals surface area contributed by atoms with Crippen molar-refractivity contribution in [2.75, 3.05) is 6.61 Å². The Morgan fingerprint density at radius 2 is 2.00 bits per heavy atom. The summed E-state index contributed by atoms with van der Waals surface area (Å²) in [6.07, 6.45) is 8.38. The van der Waals surface area contributed by atoms with Gasteiger partial charge in [-0.3, -0.25) is 4.99 Å². The molecule has 11 heteroatoms. The summed E-state index contributed by atoms with van der Waals surface area (Å²) in [7, 11) is -4.47. The minimum absolute atomic E-state index is 0.0288. The lowest BCUT2D eigenvalue weighted by molar-refractivity contribution is 0.267. The van der Waals surface area contributed by atoms with Gasteiger partial charge in [-0.2, -0.15) is 0 Å². The van der Waals surface area contributed by atoms with Gasteiger partial charge in [-0.15, -0.1) is 6.42 Å². The molecule has 33 heavy (non-hydrogen) atoms. The fourth-order valence-electron chi connectivity index (χ4n) is 3.20. The first-order chi connectivity index (χ1) is 15.3. The van der Waals surface area contributed by atoms with Crippen molar-refractivity contribution in [3.63, 3.8) is 0 Å². The van der Waals surface area contributed by atoms with E-state index < -0.39 is 37.3 Å². The number of alkyl halides is 1. The summed E-state index contributed by atoms with van der Waals surface area (Å²) in [4.78, 5) is 11.8. The van der Waals surface area contributed by atoms with Gasteiger partial charge < -0.3 is 10.5 Å². The Morgan fingerprint density at radius 1 is 1.30 bits per heavy atom. The van der Waals surface area contributed by atoms with Gasteiger partial charge in [-0.25, -0.2) is 31.6 Å². The number of terminal acetylenes is 1. The third-order valence-corrected chi connectivity index (χ3v) is 8.04. The molecule has 7 nitrogen and oxygen atoms in total.